The van der Waals surface area contributed by atoms with Crippen molar-refractivity contribution in [2.24, 2.45) is 0 Å². The Balaban J connectivity index is 0.00000400. The molecule has 0 aliphatic rings. The number of hydrogen-bond acceptors (Lipinski definition) is 3. The number of hydrogen-bond donors (Lipinski definition) is 2. The predicted molar refractivity (Wildman–Crippen MR) is 89.4 cm³/mol. The second kappa shape index (κ2) is 11.4. The Morgan fingerprint density at radius 3 is 2.38 bits per heavy atom. The van der Waals surface area contributed by atoms with E-state index in [0.29, 0.717) is 19.6 Å². The summed E-state index contributed by atoms with van der Waals surface area (Å²) < 4.78 is 5.61. The fourth-order valence-corrected chi connectivity index (χ4v) is 1.96. The lowest BCUT2D eigenvalue weighted by Crippen LogP contribution is -2.32. The summed E-state index contributed by atoms with van der Waals surface area (Å²) in [4.78, 5) is 11.6. The van der Waals surface area contributed by atoms with Crippen LogP contribution in [0.1, 0.15) is 30.9 Å². The fraction of sp³-hybridized carbons (Fsp3) is 0.562. The predicted octanol–water partition coefficient (Wildman–Crippen LogP) is 2.61. The highest BCUT2D eigenvalue weighted by molar-refractivity contribution is 5.85. The van der Waals surface area contributed by atoms with Gasteiger partial charge >= 0.3 is 0 Å². The maximum atomic E-state index is 11.6. The minimum absolute atomic E-state index is 0. The first-order chi connectivity index (χ1) is 9.61. The van der Waals surface area contributed by atoms with Crippen molar-refractivity contribution in [1.29, 1.82) is 0 Å². The topological polar surface area (TPSA) is 50.4 Å². The van der Waals surface area contributed by atoms with Gasteiger partial charge < -0.3 is 15.4 Å². The second-order valence-corrected chi connectivity index (χ2v) is 5.02. The lowest BCUT2D eigenvalue weighted by atomic mass is 10.1. The molecule has 0 saturated heterocycles. The Kier molecular flexibility index (Phi) is 10.7. The quantitative estimate of drug-likeness (QED) is 0.689. The molecule has 0 aliphatic carbocycles. The molecule has 0 spiro atoms. The molecule has 0 aliphatic heterocycles. The molecule has 0 aromatic heterocycles. The molecule has 1 aromatic carbocycles. The monoisotopic (exact) mass is 314 g/mol. The van der Waals surface area contributed by atoms with Crippen LogP contribution in [0.2, 0.25) is 0 Å². The highest BCUT2D eigenvalue weighted by atomic mass is 35.5. The second-order valence-electron chi connectivity index (χ2n) is 5.02. The van der Waals surface area contributed by atoms with Crippen molar-refractivity contribution >= 4 is 18.3 Å². The van der Waals surface area contributed by atoms with Crippen molar-refractivity contribution in [2.45, 2.75) is 33.6 Å². The van der Waals surface area contributed by atoms with E-state index < -0.39 is 0 Å². The highest BCUT2D eigenvalue weighted by Crippen LogP contribution is 2.16. The van der Waals surface area contributed by atoms with Crippen LogP contribution in [0.3, 0.4) is 0 Å². The number of aryl methyl sites for hydroxylation is 2. The number of carbonyl (C=O) groups is 1. The van der Waals surface area contributed by atoms with Crippen molar-refractivity contribution in [3.63, 3.8) is 0 Å². The lowest BCUT2D eigenvalue weighted by Gasteiger charge is -2.09. The summed E-state index contributed by atoms with van der Waals surface area (Å²) in [6.45, 7) is 9.09. The Labute approximate surface area is 134 Å². The number of rotatable bonds is 9. The van der Waals surface area contributed by atoms with Crippen LogP contribution in [0.15, 0.2) is 18.2 Å². The summed E-state index contributed by atoms with van der Waals surface area (Å²) in [5.41, 5.74) is 2.35. The van der Waals surface area contributed by atoms with Gasteiger partial charge in [-0.15, -0.1) is 12.4 Å². The van der Waals surface area contributed by atoms with E-state index in [1.165, 1.54) is 11.1 Å². The first-order valence-electron chi connectivity index (χ1n) is 7.30. The van der Waals surface area contributed by atoms with Crippen molar-refractivity contribution in [2.75, 3.05) is 26.2 Å². The SMILES string of the molecule is CCCNCCNC(=O)CCOc1cc(C)cc(C)c1.Cl. The van der Waals surface area contributed by atoms with Crippen LogP contribution in [0.4, 0.5) is 0 Å². The van der Waals surface area contributed by atoms with Crippen molar-refractivity contribution in [3.05, 3.63) is 29.3 Å². The van der Waals surface area contributed by atoms with Gasteiger partial charge in [-0.1, -0.05) is 13.0 Å². The molecule has 1 amide bonds. The summed E-state index contributed by atoms with van der Waals surface area (Å²) in [5.74, 6) is 0.868. The summed E-state index contributed by atoms with van der Waals surface area (Å²) in [6.07, 6.45) is 1.50. The number of benzene rings is 1. The van der Waals surface area contributed by atoms with Crippen LogP contribution < -0.4 is 15.4 Å². The molecule has 0 atom stereocenters. The van der Waals surface area contributed by atoms with E-state index in [4.69, 9.17) is 4.74 Å². The minimum Gasteiger partial charge on any atom is -0.493 e. The zero-order valence-corrected chi connectivity index (χ0v) is 14.0. The molecule has 5 heteroatoms. The van der Waals surface area contributed by atoms with E-state index in [-0.39, 0.29) is 18.3 Å². The molecule has 120 valence electrons. The molecule has 0 saturated carbocycles. The van der Waals surface area contributed by atoms with Crippen molar-refractivity contribution in [1.82, 2.24) is 10.6 Å². The molecule has 0 bridgehead atoms. The van der Waals surface area contributed by atoms with Gasteiger partial charge in [0, 0.05) is 13.1 Å². The van der Waals surface area contributed by atoms with Crippen LogP contribution in [-0.2, 0) is 4.79 Å². The number of carbonyl (C=O) groups excluding carboxylic acids is 1. The molecule has 1 rings (SSSR count). The van der Waals surface area contributed by atoms with Crippen LogP contribution >= 0.6 is 12.4 Å². The summed E-state index contributed by atoms with van der Waals surface area (Å²) >= 11 is 0. The van der Waals surface area contributed by atoms with Crippen molar-refractivity contribution in [3.8, 4) is 5.75 Å². The molecule has 0 fully saturated rings. The normalized spacial score (nSPS) is 9.86. The summed E-state index contributed by atoms with van der Waals surface area (Å²) in [6, 6.07) is 6.07. The maximum Gasteiger partial charge on any atom is 0.223 e. The molecule has 4 nitrogen and oxygen atoms in total. The summed E-state index contributed by atoms with van der Waals surface area (Å²) in [5, 5.41) is 6.11. The van der Waals surface area contributed by atoms with Gasteiger partial charge in [-0.05, 0) is 50.1 Å². The lowest BCUT2D eigenvalue weighted by molar-refractivity contribution is -0.121. The van der Waals surface area contributed by atoms with Gasteiger partial charge in [-0.2, -0.15) is 0 Å². The number of nitrogens with one attached hydrogen (secondary N) is 2. The zero-order chi connectivity index (χ0) is 14.8. The van der Waals surface area contributed by atoms with Gasteiger partial charge in [0.2, 0.25) is 5.91 Å². The fourth-order valence-electron chi connectivity index (χ4n) is 1.96. The Morgan fingerprint density at radius 1 is 1.10 bits per heavy atom. The van der Waals surface area contributed by atoms with Gasteiger partial charge in [-0.3, -0.25) is 4.79 Å². The molecule has 0 heterocycles. The Hall–Kier alpha value is -1.26. The van der Waals surface area contributed by atoms with E-state index in [9.17, 15) is 4.79 Å². The van der Waals surface area contributed by atoms with E-state index >= 15 is 0 Å². The molecule has 21 heavy (non-hydrogen) atoms. The first kappa shape index (κ1) is 19.7. The molecule has 2 N–H and O–H groups in total. The number of halogens is 1. The number of ether oxygens (including phenoxy) is 1. The molecular formula is C16H27ClN2O2. The van der Waals surface area contributed by atoms with Gasteiger partial charge in [0.1, 0.15) is 5.75 Å². The van der Waals surface area contributed by atoms with E-state index in [1.807, 2.05) is 26.0 Å². The third-order valence-electron chi connectivity index (χ3n) is 2.84. The zero-order valence-electron chi connectivity index (χ0n) is 13.2. The van der Waals surface area contributed by atoms with E-state index in [2.05, 4.69) is 23.6 Å². The van der Waals surface area contributed by atoms with Gasteiger partial charge in [-0.25, -0.2) is 0 Å². The number of amides is 1. The smallest absolute Gasteiger partial charge is 0.223 e. The maximum absolute atomic E-state index is 11.6. The van der Waals surface area contributed by atoms with Gasteiger partial charge in [0.05, 0.1) is 13.0 Å². The molecule has 0 unspecified atom stereocenters. The minimum atomic E-state index is 0. The van der Waals surface area contributed by atoms with Crippen LogP contribution in [-0.4, -0.2) is 32.1 Å². The van der Waals surface area contributed by atoms with Crippen molar-refractivity contribution < 1.29 is 9.53 Å². The van der Waals surface area contributed by atoms with Crippen LogP contribution in [0.5, 0.6) is 5.75 Å². The van der Waals surface area contributed by atoms with Gasteiger partial charge in [0.15, 0.2) is 0 Å². The van der Waals surface area contributed by atoms with E-state index in [0.717, 1.165) is 25.3 Å². The third kappa shape index (κ3) is 9.32. The Morgan fingerprint density at radius 2 is 1.76 bits per heavy atom. The first-order valence-corrected chi connectivity index (χ1v) is 7.30. The third-order valence-corrected chi connectivity index (χ3v) is 2.84. The van der Waals surface area contributed by atoms with E-state index in [1.54, 1.807) is 0 Å². The largest absolute Gasteiger partial charge is 0.493 e. The van der Waals surface area contributed by atoms with Crippen LogP contribution in [0.25, 0.3) is 0 Å². The standard InChI is InChI=1S/C16H26N2O2.ClH/c1-4-6-17-7-8-18-16(19)5-9-20-15-11-13(2)10-14(3)12-15;/h10-12,17H,4-9H2,1-3H3,(H,18,19);1H. The van der Waals surface area contributed by atoms with Gasteiger partial charge in [0.25, 0.3) is 0 Å². The summed E-state index contributed by atoms with van der Waals surface area (Å²) in [7, 11) is 0. The average molecular weight is 315 g/mol. The molecule has 0 radical (unpaired) electrons. The Bertz CT molecular complexity index is 404. The average Bonchev–Trinajstić information content (AvgIpc) is 2.37. The molecule has 1 aromatic rings. The highest BCUT2D eigenvalue weighted by Gasteiger charge is 2.02. The van der Waals surface area contributed by atoms with Crippen LogP contribution in [0, 0.1) is 13.8 Å². The molecular weight excluding hydrogens is 288 g/mol.